The number of nitrogens with one attached hydrogen (secondary N) is 1. The van der Waals surface area contributed by atoms with Crippen LogP contribution in [0.1, 0.15) is 32.2 Å². The van der Waals surface area contributed by atoms with E-state index in [1.807, 2.05) is 4.68 Å². The van der Waals surface area contributed by atoms with Crippen LogP contribution in [0, 0.1) is 3.57 Å². The Morgan fingerprint density at radius 1 is 1.21 bits per heavy atom. The van der Waals surface area contributed by atoms with Crippen LogP contribution in [0.5, 0.6) is 0 Å². The molecule has 1 N–H and O–H groups in total. The number of halogens is 1. The van der Waals surface area contributed by atoms with Gasteiger partial charge in [0.1, 0.15) is 6.33 Å². The third-order valence-corrected chi connectivity index (χ3v) is 3.34. The number of aromatic nitrogens is 3. The molecule has 0 saturated heterocycles. The minimum atomic E-state index is 0.0849. The molecule has 0 aliphatic carbocycles. The Morgan fingerprint density at radius 2 is 1.89 bits per heavy atom. The Kier molecular flexibility index (Phi) is 4.57. The fourth-order valence-corrected chi connectivity index (χ4v) is 1.97. The van der Waals surface area contributed by atoms with E-state index in [-0.39, 0.29) is 5.54 Å². The third-order valence-electron chi connectivity index (χ3n) is 2.62. The molecule has 0 aliphatic heterocycles. The first kappa shape index (κ1) is 14.5. The highest BCUT2D eigenvalue weighted by molar-refractivity contribution is 14.1. The molecule has 0 amide bonds. The van der Waals surface area contributed by atoms with Crippen molar-refractivity contribution >= 4 is 22.6 Å². The fraction of sp³-hybridized carbons (Fsp3) is 0.429. The summed E-state index contributed by atoms with van der Waals surface area (Å²) in [5, 5.41) is 7.86. The second-order valence-electron chi connectivity index (χ2n) is 5.59. The van der Waals surface area contributed by atoms with Crippen molar-refractivity contribution in [3.63, 3.8) is 0 Å². The Balaban J connectivity index is 1.95. The molecule has 1 heterocycles. The minimum Gasteiger partial charge on any atom is -0.305 e. The normalized spacial score (nSPS) is 11.8. The highest BCUT2D eigenvalue weighted by atomic mass is 127. The van der Waals surface area contributed by atoms with E-state index in [1.54, 1.807) is 6.33 Å². The smallest absolute Gasteiger partial charge is 0.164 e. The van der Waals surface area contributed by atoms with Gasteiger partial charge in [-0.3, -0.25) is 0 Å². The molecule has 0 radical (unpaired) electrons. The van der Waals surface area contributed by atoms with Gasteiger partial charge in [-0.2, -0.15) is 5.10 Å². The molecule has 0 saturated carbocycles. The highest BCUT2D eigenvalue weighted by Gasteiger charge is 2.10. The highest BCUT2D eigenvalue weighted by Crippen LogP contribution is 2.08. The summed E-state index contributed by atoms with van der Waals surface area (Å²) in [4.78, 5) is 4.32. The van der Waals surface area contributed by atoms with Gasteiger partial charge < -0.3 is 5.32 Å². The average Bonchev–Trinajstić information content (AvgIpc) is 2.77. The van der Waals surface area contributed by atoms with Crippen LogP contribution in [-0.4, -0.2) is 20.3 Å². The van der Waals surface area contributed by atoms with Crippen molar-refractivity contribution in [2.24, 2.45) is 0 Å². The van der Waals surface area contributed by atoms with Crippen LogP contribution < -0.4 is 5.32 Å². The molecule has 1 aromatic heterocycles. The molecule has 2 aromatic rings. The van der Waals surface area contributed by atoms with E-state index in [2.05, 4.69) is 83.0 Å². The molecular formula is C14H19IN4. The summed E-state index contributed by atoms with van der Waals surface area (Å²) in [6.07, 6.45) is 1.79. The summed E-state index contributed by atoms with van der Waals surface area (Å²) in [7, 11) is 0. The number of rotatable bonds is 4. The van der Waals surface area contributed by atoms with Crippen LogP contribution >= 0.6 is 22.6 Å². The summed E-state index contributed by atoms with van der Waals surface area (Å²) in [5.41, 5.74) is 1.32. The first-order valence-corrected chi connectivity index (χ1v) is 7.38. The zero-order valence-corrected chi connectivity index (χ0v) is 13.7. The molecule has 1 aromatic carbocycles. The van der Waals surface area contributed by atoms with Crippen molar-refractivity contribution in [2.45, 2.75) is 39.4 Å². The fourth-order valence-electron chi connectivity index (χ4n) is 1.61. The van der Waals surface area contributed by atoms with E-state index in [1.165, 1.54) is 9.13 Å². The van der Waals surface area contributed by atoms with Crippen molar-refractivity contribution in [1.82, 2.24) is 20.1 Å². The van der Waals surface area contributed by atoms with Crippen LogP contribution in [0.3, 0.4) is 0 Å². The summed E-state index contributed by atoms with van der Waals surface area (Å²) >= 11 is 2.31. The first-order chi connectivity index (χ1) is 8.92. The van der Waals surface area contributed by atoms with Gasteiger partial charge in [-0.15, -0.1) is 0 Å². The average molecular weight is 370 g/mol. The molecule has 19 heavy (non-hydrogen) atoms. The second-order valence-corrected chi connectivity index (χ2v) is 6.83. The quantitative estimate of drug-likeness (QED) is 0.842. The van der Waals surface area contributed by atoms with Gasteiger partial charge in [0.15, 0.2) is 5.82 Å². The lowest BCUT2D eigenvalue weighted by Crippen LogP contribution is -2.35. The summed E-state index contributed by atoms with van der Waals surface area (Å²) < 4.78 is 3.12. The van der Waals surface area contributed by atoms with E-state index in [9.17, 15) is 0 Å². The number of nitrogens with zero attached hydrogens (tertiary/aromatic N) is 3. The van der Waals surface area contributed by atoms with Crippen LogP contribution in [0.15, 0.2) is 30.6 Å². The van der Waals surface area contributed by atoms with E-state index >= 15 is 0 Å². The zero-order valence-electron chi connectivity index (χ0n) is 11.5. The van der Waals surface area contributed by atoms with Crippen LogP contribution in [0.4, 0.5) is 0 Å². The van der Waals surface area contributed by atoms with Crippen LogP contribution in [0.2, 0.25) is 0 Å². The third kappa shape index (κ3) is 4.91. The molecule has 0 bridgehead atoms. The molecular weight excluding hydrogens is 351 g/mol. The number of hydrogen-bond acceptors (Lipinski definition) is 3. The van der Waals surface area contributed by atoms with Crippen LogP contribution in [0.25, 0.3) is 0 Å². The lowest BCUT2D eigenvalue weighted by molar-refractivity contribution is 0.417. The Hall–Kier alpha value is -0.950. The second kappa shape index (κ2) is 6.00. The minimum absolute atomic E-state index is 0.0849. The van der Waals surface area contributed by atoms with E-state index in [0.717, 1.165) is 12.4 Å². The number of hydrogen-bond donors (Lipinski definition) is 1. The molecule has 0 aliphatic rings. The van der Waals surface area contributed by atoms with Gasteiger partial charge in [-0.05, 0) is 61.1 Å². The van der Waals surface area contributed by atoms with E-state index in [4.69, 9.17) is 0 Å². The summed E-state index contributed by atoms with van der Waals surface area (Å²) in [6.45, 7) is 7.86. The first-order valence-electron chi connectivity index (χ1n) is 6.30. The maximum Gasteiger partial charge on any atom is 0.164 e. The SMILES string of the molecule is CC(C)(C)NCc1ncn(Cc2ccc(I)cc2)n1. The van der Waals surface area contributed by atoms with Gasteiger partial charge in [0.05, 0.1) is 13.1 Å². The van der Waals surface area contributed by atoms with E-state index < -0.39 is 0 Å². The van der Waals surface area contributed by atoms with Crippen molar-refractivity contribution < 1.29 is 0 Å². The number of benzene rings is 1. The van der Waals surface area contributed by atoms with Gasteiger partial charge in [0.2, 0.25) is 0 Å². The predicted octanol–water partition coefficient (Wildman–Crippen LogP) is 2.82. The van der Waals surface area contributed by atoms with Crippen LogP contribution in [-0.2, 0) is 13.1 Å². The maximum absolute atomic E-state index is 4.47. The Labute approximate surface area is 127 Å². The largest absolute Gasteiger partial charge is 0.305 e. The topological polar surface area (TPSA) is 42.7 Å². The molecule has 5 heteroatoms. The van der Waals surface area contributed by atoms with Gasteiger partial charge in [-0.1, -0.05) is 12.1 Å². The lowest BCUT2D eigenvalue weighted by Gasteiger charge is -2.19. The van der Waals surface area contributed by atoms with Crippen molar-refractivity contribution in [3.8, 4) is 0 Å². The monoisotopic (exact) mass is 370 g/mol. The summed E-state index contributed by atoms with van der Waals surface area (Å²) in [5.74, 6) is 0.834. The predicted molar refractivity (Wildman–Crippen MR) is 84.9 cm³/mol. The van der Waals surface area contributed by atoms with Crippen molar-refractivity contribution in [2.75, 3.05) is 0 Å². The van der Waals surface area contributed by atoms with Gasteiger partial charge in [-0.25, -0.2) is 9.67 Å². The molecule has 0 spiro atoms. The van der Waals surface area contributed by atoms with Crippen molar-refractivity contribution in [3.05, 3.63) is 45.6 Å². The lowest BCUT2D eigenvalue weighted by atomic mass is 10.1. The maximum atomic E-state index is 4.47. The molecule has 0 unspecified atom stereocenters. The summed E-state index contributed by atoms with van der Waals surface area (Å²) in [6, 6.07) is 8.46. The molecule has 0 fully saturated rings. The van der Waals surface area contributed by atoms with E-state index in [0.29, 0.717) is 6.54 Å². The zero-order chi connectivity index (χ0) is 13.9. The Morgan fingerprint density at radius 3 is 2.53 bits per heavy atom. The molecule has 102 valence electrons. The standard InChI is InChI=1S/C14H19IN4/c1-14(2,3)17-8-13-16-10-19(18-13)9-11-4-6-12(15)7-5-11/h4-7,10,17H,8-9H2,1-3H3. The molecule has 0 atom stereocenters. The van der Waals surface area contributed by atoms with Crippen molar-refractivity contribution in [1.29, 1.82) is 0 Å². The van der Waals surface area contributed by atoms with Gasteiger partial charge >= 0.3 is 0 Å². The molecule has 4 nitrogen and oxygen atoms in total. The van der Waals surface area contributed by atoms with Gasteiger partial charge in [0.25, 0.3) is 0 Å². The Bertz CT molecular complexity index is 525. The molecule has 2 rings (SSSR count). The van der Waals surface area contributed by atoms with Gasteiger partial charge in [0, 0.05) is 9.11 Å².